The van der Waals surface area contributed by atoms with Gasteiger partial charge in [0, 0.05) is 22.9 Å². The molecule has 2 rings (SSSR count). The third kappa shape index (κ3) is 1.52. The van der Waals surface area contributed by atoms with Crippen molar-refractivity contribution in [1.29, 1.82) is 0 Å². The van der Waals surface area contributed by atoms with Gasteiger partial charge in [0.25, 0.3) is 0 Å². The van der Waals surface area contributed by atoms with Gasteiger partial charge in [0.2, 0.25) is 0 Å². The van der Waals surface area contributed by atoms with Gasteiger partial charge in [0.1, 0.15) is 0 Å². The van der Waals surface area contributed by atoms with Gasteiger partial charge >= 0.3 is 0 Å². The van der Waals surface area contributed by atoms with Gasteiger partial charge in [-0.05, 0) is 46.3 Å². The van der Waals surface area contributed by atoms with Crippen molar-refractivity contribution in [2.45, 2.75) is 18.9 Å². The highest BCUT2D eigenvalue weighted by molar-refractivity contribution is 9.10. The molecule has 3 heteroatoms. The van der Waals surface area contributed by atoms with E-state index in [0.29, 0.717) is 5.92 Å². The molecule has 12 heavy (non-hydrogen) atoms. The Morgan fingerprint density at radius 3 is 2.92 bits per heavy atom. The average Bonchev–Trinajstić information content (AvgIpc) is 2.86. The lowest BCUT2D eigenvalue weighted by molar-refractivity contribution is 0.630. The SMILES string of the molecule is NC(c1ccncc1Br)C1CC1. The van der Waals surface area contributed by atoms with E-state index in [-0.39, 0.29) is 6.04 Å². The van der Waals surface area contributed by atoms with Gasteiger partial charge in [0.15, 0.2) is 0 Å². The summed E-state index contributed by atoms with van der Waals surface area (Å²) in [5.74, 6) is 0.698. The smallest absolute Gasteiger partial charge is 0.0413 e. The first-order chi connectivity index (χ1) is 5.79. The van der Waals surface area contributed by atoms with Crippen molar-refractivity contribution in [3.63, 3.8) is 0 Å². The van der Waals surface area contributed by atoms with Crippen LogP contribution in [0, 0.1) is 5.92 Å². The van der Waals surface area contributed by atoms with E-state index < -0.39 is 0 Å². The van der Waals surface area contributed by atoms with E-state index in [9.17, 15) is 0 Å². The van der Waals surface area contributed by atoms with Crippen molar-refractivity contribution in [2.75, 3.05) is 0 Å². The minimum atomic E-state index is 0.197. The number of hydrogen-bond donors (Lipinski definition) is 1. The minimum Gasteiger partial charge on any atom is -0.324 e. The summed E-state index contributed by atoms with van der Waals surface area (Å²) in [4.78, 5) is 4.00. The molecular formula is C9H11BrN2. The molecule has 0 spiro atoms. The predicted molar refractivity (Wildman–Crippen MR) is 51.6 cm³/mol. The van der Waals surface area contributed by atoms with E-state index >= 15 is 0 Å². The summed E-state index contributed by atoms with van der Waals surface area (Å²) in [6.45, 7) is 0. The Labute approximate surface area is 80.3 Å². The van der Waals surface area contributed by atoms with E-state index in [0.717, 1.165) is 4.47 Å². The lowest BCUT2D eigenvalue weighted by atomic mass is 10.1. The summed E-state index contributed by atoms with van der Waals surface area (Å²) in [6, 6.07) is 2.19. The van der Waals surface area contributed by atoms with Crippen molar-refractivity contribution < 1.29 is 0 Å². The standard InChI is InChI=1S/C9H11BrN2/c10-8-5-12-4-3-7(8)9(11)6-1-2-6/h3-6,9H,1-2,11H2. The molecule has 1 aromatic rings. The second kappa shape index (κ2) is 3.15. The molecule has 0 amide bonds. The fourth-order valence-corrected chi connectivity index (χ4v) is 1.88. The zero-order chi connectivity index (χ0) is 8.55. The molecule has 1 atom stereocenters. The zero-order valence-corrected chi connectivity index (χ0v) is 8.29. The molecule has 1 fully saturated rings. The highest BCUT2D eigenvalue weighted by atomic mass is 79.9. The Hall–Kier alpha value is -0.410. The molecule has 64 valence electrons. The quantitative estimate of drug-likeness (QED) is 0.841. The maximum absolute atomic E-state index is 6.04. The maximum Gasteiger partial charge on any atom is 0.0413 e. The summed E-state index contributed by atoms with van der Waals surface area (Å²) in [5.41, 5.74) is 7.23. The first-order valence-electron chi connectivity index (χ1n) is 4.14. The van der Waals surface area contributed by atoms with Crippen LogP contribution in [0.2, 0.25) is 0 Å². The van der Waals surface area contributed by atoms with Crippen molar-refractivity contribution >= 4 is 15.9 Å². The summed E-state index contributed by atoms with van der Waals surface area (Å²) >= 11 is 3.45. The molecule has 1 aromatic heterocycles. The largest absolute Gasteiger partial charge is 0.324 e. The number of pyridine rings is 1. The molecule has 1 saturated carbocycles. The van der Waals surface area contributed by atoms with Gasteiger partial charge in [-0.25, -0.2) is 0 Å². The average molecular weight is 227 g/mol. The first-order valence-corrected chi connectivity index (χ1v) is 4.93. The van der Waals surface area contributed by atoms with Gasteiger partial charge in [0.05, 0.1) is 0 Å². The Morgan fingerprint density at radius 2 is 2.33 bits per heavy atom. The highest BCUT2D eigenvalue weighted by Crippen LogP contribution is 2.40. The zero-order valence-electron chi connectivity index (χ0n) is 6.70. The van der Waals surface area contributed by atoms with Crippen LogP contribution in [0.5, 0.6) is 0 Å². The molecule has 0 saturated heterocycles. The molecule has 1 aliphatic carbocycles. The van der Waals surface area contributed by atoms with Gasteiger partial charge in [-0.15, -0.1) is 0 Å². The van der Waals surface area contributed by atoms with Crippen molar-refractivity contribution in [2.24, 2.45) is 11.7 Å². The van der Waals surface area contributed by atoms with Gasteiger partial charge in [-0.2, -0.15) is 0 Å². The molecule has 2 N–H and O–H groups in total. The lowest BCUT2D eigenvalue weighted by Gasteiger charge is -2.11. The Morgan fingerprint density at radius 1 is 1.58 bits per heavy atom. The summed E-state index contributed by atoms with van der Waals surface area (Å²) < 4.78 is 1.03. The predicted octanol–water partition coefficient (Wildman–Crippen LogP) is 2.25. The van der Waals surface area contributed by atoms with E-state index in [2.05, 4.69) is 20.9 Å². The molecule has 0 bridgehead atoms. The van der Waals surface area contributed by atoms with Crippen LogP contribution in [0.3, 0.4) is 0 Å². The number of nitrogens with zero attached hydrogens (tertiary/aromatic N) is 1. The molecule has 1 heterocycles. The third-order valence-electron chi connectivity index (χ3n) is 2.29. The van der Waals surface area contributed by atoms with Crippen LogP contribution >= 0.6 is 15.9 Å². The second-order valence-electron chi connectivity index (χ2n) is 3.26. The van der Waals surface area contributed by atoms with E-state index in [1.54, 1.807) is 12.4 Å². The second-order valence-corrected chi connectivity index (χ2v) is 4.11. The molecule has 1 unspecified atom stereocenters. The van der Waals surface area contributed by atoms with Crippen molar-refractivity contribution in [3.8, 4) is 0 Å². The van der Waals surface area contributed by atoms with Crippen LogP contribution in [-0.2, 0) is 0 Å². The van der Waals surface area contributed by atoms with Crippen LogP contribution in [-0.4, -0.2) is 4.98 Å². The van der Waals surface area contributed by atoms with Crippen LogP contribution in [0.4, 0.5) is 0 Å². The minimum absolute atomic E-state index is 0.197. The molecule has 0 aliphatic heterocycles. The van der Waals surface area contributed by atoms with Crippen molar-refractivity contribution in [3.05, 3.63) is 28.5 Å². The van der Waals surface area contributed by atoms with Gasteiger partial charge in [-0.1, -0.05) is 0 Å². The normalized spacial score (nSPS) is 19.2. The van der Waals surface area contributed by atoms with Crippen LogP contribution in [0.15, 0.2) is 22.9 Å². The number of hydrogen-bond acceptors (Lipinski definition) is 2. The molecular weight excluding hydrogens is 216 g/mol. The molecule has 1 aliphatic rings. The Bertz CT molecular complexity index is 284. The fourth-order valence-electron chi connectivity index (χ4n) is 1.37. The van der Waals surface area contributed by atoms with E-state index in [4.69, 9.17) is 5.73 Å². The van der Waals surface area contributed by atoms with E-state index in [1.807, 2.05) is 6.07 Å². The fraction of sp³-hybridized carbons (Fsp3) is 0.444. The highest BCUT2D eigenvalue weighted by Gasteiger charge is 2.30. The Kier molecular flexibility index (Phi) is 2.15. The molecule has 0 aromatic carbocycles. The number of rotatable bonds is 2. The van der Waals surface area contributed by atoms with Crippen molar-refractivity contribution in [1.82, 2.24) is 4.98 Å². The van der Waals surface area contributed by atoms with Crippen LogP contribution in [0.1, 0.15) is 24.4 Å². The van der Waals surface area contributed by atoms with Crippen LogP contribution in [0.25, 0.3) is 0 Å². The topological polar surface area (TPSA) is 38.9 Å². The molecule has 0 radical (unpaired) electrons. The monoisotopic (exact) mass is 226 g/mol. The van der Waals surface area contributed by atoms with Crippen LogP contribution < -0.4 is 5.73 Å². The summed E-state index contributed by atoms with van der Waals surface area (Å²) in [5, 5.41) is 0. The summed E-state index contributed by atoms with van der Waals surface area (Å²) in [6.07, 6.45) is 6.14. The Balaban J connectivity index is 2.25. The number of aromatic nitrogens is 1. The van der Waals surface area contributed by atoms with Gasteiger partial charge in [-0.3, -0.25) is 4.98 Å². The summed E-state index contributed by atoms with van der Waals surface area (Å²) in [7, 11) is 0. The lowest BCUT2D eigenvalue weighted by Crippen LogP contribution is -2.12. The number of nitrogens with two attached hydrogens (primary N) is 1. The third-order valence-corrected chi connectivity index (χ3v) is 2.96. The van der Waals surface area contributed by atoms with E-state index in [1.165, 1.54) is 18.4 Å². The number of halogens is 1. The molecule has 2 nitrogen and oxygen atoms in total. The van der Waals surface area contributed by atoms with Gasteiger partial charge < -0.3 is 5.73 Å². The maximum atomic E-state index is 6.04. The first kappa shape index (κ1) is 8.20.